The summed E-state index contributed by atoms with van der Waals surface area (Å²) in [5.74, 6) is 0. The van der Waals surface area contributed by atoms with Crippen molar-refractivity contribution in [3.8, 4) is 33.4 Å². The molecule has 8 aromatic carbocycles. The lowest BCUT2D eigenvalue weighted by molar-refractivity contribution is 0.621. The Hall–Kier alpha value is -7.16. The highest BCUT2D eigenvalue weighted by Crippen LogP contribution is 2.47. The summed E-state index contributed by atoms with van der Waals surface area (Å²) < 4.78 is 2.64. The molecule has 0 amide bonds. The zero-order chi connectivity index (χ0) is 38.4. The number of para-hydroxylation sites is 1. The Bertz CT molecular complexity index is 3090. The number of aromatic nitrogens is 1. The summed E-state index contributed by atoms with van der Waals surface area (Å²) in [5, 5.41) is 6.39. The highest BCUT2D eigenvalue weighted by Gasteiger charge is 2.27. The van der Waals surface area contributed by atoms with E-state index < -0.39 is 0 Å². The van der Waals surface area contributed by atoms with Crippen LogP contribution in [0.3, 0.4) is 0 Å². The maximum atomic E-state index is 2.64. The minimum Gasteiger partial charge on any atom is -0.333 e. The second-order valence-electron chi connectivity index (χ2n) is 15.5. The van der Waals surface area contributed by atoms with E-state index >= 15 is 0 Å². The van der Waals surface area contributed by atoms with Gasteiger partial charge in [0.15, 0.2) is 0 Å². The molecular weight excluding hydrogens is 701 g/mol. The van der Waals surface area contributed by atoms with Crippen LogP contribution in [0.25, 0.3) is 71.9 Å². The SMILES string of the molecule is C1=CCC(n2c3c(c4c(-c5cccc(N(c6ccc7c(ccc8ccccc87)c6)c6ccccc6-c6ccccc6)c5)ccc(-c5ccccc5)c42)CCC=C3)C=C1. The summed E-state index contributed by atoms with van der Waals surface area (Å²) in [6.45, 7) is 0. The predicted molar refractivity (Wildman–Crippen MR) is 247 cm³/mol. The molecule has 1 atom stereocenters. The Morgan fingerprint density at radius 1 is 0.500 bits per heavy atom. The van der Waals surface area contributed by atoms with Gasteiger partial charge in [0.25, 0.3) is 0 Å². The van der Waals surface area contributed by atoms with Crippen molar-refractivity contribution in [3.63, 3.8) is 0 Å². The number of hydrogen-bond acceptors (Lipinski definition) is 1. The van der Waals surface area contributed by atoms with Crippen molar-refractivity contribution >= 4 is 55.6 Å². The van der Waals surface area contributed by atoms with E-state index in [0.717, 1.165) is 36.3 Å². The van der Waals surface area contributed by atoms with Crippen LogP contribution < -0.4 is 4.90 Å². The lowest BCUT2D eigenvalue weighted by Gasteiger charge is -2.29. The maximum Gasteiger partial charge on any atom is 0.0579 e. The smallest absolute Gasteiger partial charge is 0.0579 e. The number of rotatable bonds is 7. The molecule has 276 valence electrons. The Balaban J connectivity index is 1.15. The maximum absolute atomic E-state index is 2.64. The first kappa shape index (κ1) is 34.1. The van der Waals surface area contributed by atoms with Gasteiger partial charge in [0.05, 0.1) is 17.2 Å². The van der Waals surface area contributed by atoms with Crippen LogP contribution in [0.2, 0.25) is 0 Å². The van der Waals surface area contributed by atoms with Gasteiger partial charge in [0.1, 0.15) is 0 Å². The largest absolute Gasteiger partial charge is 0.333 e. The summed E-state index contributed by atoms with van der Waals surface area (Å²) in [6.07, 6.45) is 16.9. The third kappa shape index (κ3) is 5.80. The molecule has 0 N–H and O–H groups in total. The molecule has 0 saturated carbocycles. The zero-order valence-electron chi connectivity index (χ0n) is 32.3. The van der Waals surface area contributed by atoms with Gasteiger partial charge in [-0.15, -0.1) is 0 Å². The molecule has 0 spiro atoms. The van der Waals surface area contributed by atoms with Crippen molar-refractivity contribution in [2.24, 2.45) is 0 Å². The summed E-state index contributed by atoms with van der Waals surface area (Å²) in [5.41, 5.74) is 14.9. The molecule has 0 aliphatic heterocycles. The fraction of sp³-hybridized carbons (Fsp3) is 0.0714. The Labute approximate surface area is 340 Å². The fourth-order valence-electron chi connectivity index (χ4n) is 9.50. The molecule has 1 aromatic heterocycles. The molecule has 2 aliphatic carbocycles. The van der Waals surface area contributed by atoms with Crippen molar-refractivity contribution < 1.29 is 0 Å². The second kappa shape index (κ2) is 14.4. The molecular formula is C56H42N2. The Morgan fingerprint density at radius 2 is 1.21 bits per heavy atom. The summed E-state index contributed by atoms with van der Waals surface area (Å²) in [4.78, 5) is 2.46. The van der Waals surface area contributed by atoms with Crippen LogP contribution in [-0.2, 0) is 6.42 Å². The van der Waals surface area contributed by atoms with Gasteiger partial charge in [-0.2, -0.15) is 0 Å². The predicted octanol–water partition coefficient (Wildman–Crippen LogP) is 15.4. The molecule has 0 saturated heterocycles. The average Bonchev–Trinajstić information content (AvgIpc) is 3.65. The molecule has 11 rings (SSSR count). The molecule has 2 nitrogen and oxygen atoms in total. The van der Waals surface area contributed by atoms with Crippen LogP contribution in [0.5, 0.6) is 0 Å². The van der Waals surface area contributed by atoms with Gasteiger partial charge in [-0.1, -0.05) is 176 Å². The van der Waals surface area contributed by atoms with E-state index in [1.165, 1.54) is 77.1 Å². The quantitative estimate of drug-likeness (QED) is 0.148. The lowest BCUT2D eigenvalue weighted by atomic mass is 9.91. The molecule has 1 unspecified atom stereocenters. The minimum atomic E-state index is 0.248. The second-order valence-corrected chi connectivity index (χ2v) is 15.5. The number of benzene rings is 8. The summed E-state index contributed by atoms with van der Waals surface area (Å²) in [6, 6.07) is 64.9. The van der Waals surface area contributed by atoms with Crippen molar-refractivity contribution in [3.05, 3.63) is 218 Å². The number of hydrogen-bond donors (Lipinski definition) is 0. The number of fused-ring (bicyclic) bond motifs is 6. The van der Waals surface area contributed by atoms with Gasteiger partial charge in [0.2, 0.25) is 0 Å². The van der Waals surface area contributed by atoms with Gasteiger partial charge < -0.3 is 9.47 Å². The third-order valence-electron chi connectivity index (χ3n) is 12.1. The van der Waals surface area contributed by atoms with E-state index in [2.05, 4.69) is 222 Å². The molecule has 9 aromatic rings. The van der Waals surface area contributed by atoms with Crippen LogP contribution in [0, 0.1) is 0 Å². The Morgan fingerprint density at radius 3 is 2.05 bits per heavy atom. The van der Waals surface area contributed by atoms with Gasteiger partial charge in [-0.05, 0) is 105 Å². The van der Waals surface area contributed by atoms with Crippen LogP contribution in [0.4, 0.5) is 17.1 Å². The average molecular weight is 743 g/mol. The van der Waals surface area contributed by atoms with E-state index in [1.54, 1.807) is 0 Å². The van der Waals surface area contributed by atoms with Crippen molar-refractivity contribution in [1.29, 1.82) is 0 Å². The standard InChI is InChI=1S/C56H42N2/c1-4-17-39(18-5-1)49-27-12-14-29-53(49)57(46-33-34-48-43(38-46)32-31-41-21-10-11-26-47(41)48)45-25-16-22-42(37-45)50-35-36-51(40-19-6-2-7-20-40)56-55(50)52-28-13-15-30-54(52)58(56)44-23-8-3-9-24-44/h1-12,14-23,25-27,29-38,44H,13,24,28H2. The van der Waals surface area contributed by atoms with E-state index in [-0.39, 0.29) is 6.04 Å². The Kier molecular flexibility index (Phi) is 8.47. The topological polar surface area (TPSA) is 8.17 Å². The molecule has 2 heteroatoms. The van der Waals surface area contributed by atoms with Gasteiger partial charge >= 0.3 is 0 Å². The molecule has 0 fully saturated rings. The normalized spacial score (nSPS) is 14.7. The summed E-state index contributed by atoms with van der Waals surface area (Å²) in [7, 11) is 0. The first-order valence-electron chi connectivity index (χ1n) is 20.5. The van der Waals surface area contributed by atoms with Crippen molar-refractivity contribution in [2.75, 3.05) is 4.90 Å². The van der Waals surface area contributed by atoms with Crippen molar-refractivity contribution in [2.45, 2.75) is 25.3 Å². The highest BCUT2D eigenvalue weighted by molar-refractivity contribution is 6.10. The monoisotopic (exact) mass is 742 g/mol. The van der Waals surface area contributed by atoms with E-state index in [4.69, 9.17) is 0 Å². The number of aryl methyl sites for hydroxylation is 1. The lowest BCUT2D eigenvalue weighted by Crippen LogP contribution is -2.11. The van der Waals surface area contributed by atoms with Gasteiger partial charge in [-0.25, -0.2) is 0 Å². The van der Waals surface area contributed by atoms with Crippen molar-refractivity contribution in [1.82, 2.24) is 4.57 Å². The minimum absolute atomic E-state index is 0.248. The van der Waals surface area contributed by atoms with E-state index in [0.29, 0.717) is 0 Å². The summed E-state index contributed by atoms with van der Waals surface area (Å²) >= 11 is 0. The number of allylic oxidation sites excluding steroid dienone is 5. The van der Waals surface area contributed by atoms with Crippen LogP contribution in [0.15, 0.2) is 206 Å². The van der Waals surface area contributed by atoms with Gasteiger partial charge in [-0.3, -0.25) is 0 Å². The van der Waals surface area contributed by atoms with Crippen LogP contribution in [-0.4, -0.2) is 4.57 Å². The third-order valence-corrected chi connectivity index (χ3v) is 12.1. The van der Waals surface area contributed by atoms with E-state index in [1.807, 2.05) is 0 Å². The molecule has 1 heterocycles. The first-order chi connectivity index (χ1) is 28.8. The molecule has 0 radical (unpaired) electrons. The van der Waals surface area contributed by atoms with Crippen LogP contribution in [0.1, 0.15) is 30.1 Å². The van der Waals surface area contributed by atoms with Gasteiger partial charge in [0, 0.05) is 33.6 Å². The number of nitrogens with zero attached hydrogens (tertiary/aromatic N) is 2. The molecule has 0 bridgehead atoms. The highest BCUT2D eigenvalue weighted by atomic mass is 15.1. The first-order valence-corrected chi connectivity index (χ1v) is 20.5. The molecule has 2 aliphatic rings. The zero-order valence-corrected chi connectivity index (χ0v) is 32.3. The van der Waals surface area contributed by atoms with E-state index in [9.17, 15) is 0 Å². The van der Waals surface area contributed by atoms with Crippen LogP contribution >= 0.6 is 0 Å². The fourth-order valence-corrected chi connectivity index (χ4v) is 9.50. The molecule has 58 heavy (non-hydrogen) atoms. The number of anilines is 3.